The van der Waals surface area contributed by atoms with E-state index in [9.17, 15) is 9.90 Å². The number of carbonyl (C=O) groups excluding carboxylic acids is 1. The Morgan fingerprint density at radius 3 is 2.47 bits per heavy atom. The van der Waals surface area contributed by atoms with Gasteiger partial charge in [-0.1, -0.05) is 18.2 Å². The minimum absolute atomic E-state index is 0.203. The lowest BCUT2D eigenvalue weighted by molar-refractivity contribution is -0.0201. The molecule has 15 heavy (non-hydrogen) atoms. The van der Waals surface area contributed by atoms with Gasteiger partial charge in [0.15, 0.2) is 0 Å². The Balaban J connectivity index is 2.44. The maximum Gasteiger partial charge on any atom is 0.338 e. The number of aliphatic hydroxyl groups excluding tert-OH is 2. The number of ether oxygens (including phenoxy) is 1. The van der Waals surface area contributed by atoms with E-state index in [1.165, 1.54) is 6.92 Å². The summed E-state index contributed by atoms with van der Waals surface area (Å²) in [6, 6.07) is 8.49. The van der Waals surface area contributed by atoms with Crippen LogP contribution in [-0.4, -0.2) is 35.0 Å². The molecule has 0 saturated heterocycles. The summed E-state index contributed by atoms with van der Waals surface area (Å²) in [6.07, 6.45) is -1.95. The summed E-state index contributed by atoms with van der Waals surface area (Å²) in [5.41, 5.74) is 0.426. The number of carbonyl (C=O) groups is 1. The van der Waals surface area contributed by atoms with Gasteiger partial charge in [-0.05, 0) is 19.1 Å². The first-order valence-electron chi connectivity index (χ1n) is 4.69. The normalized spacial score (nSPS) is 14.3. The van der Waals surface area contributed by atoms with Crippen molar-refractivity contribution >= 4 is 5.97 Å². The molecule has 4 heteroatoms. The number of esters is 1. The van der Waals surface area contributed by atoms with Crippen LogP contribution in [0.3, 0.4) is 0 Å². The van der Waals surface area contributed by atoms with Gasteiger partial charge in [-0.25, -0.2) is 4.79 Å². The Morgan fingerprint density at radius 2 is 1.93 bits per heavy atom. The van der Waals surface area contributed by atoms with Crippen LogP contribution < -0.4 is 0 Å². The standard InChI is InChI=1S/C11H14O4/c1-8(12)10(13)7-15-11(14)9-5-3-2-4-6-9/h2-6,8,10,12-13H,7H2,1H3. The smallest absolute Gasteiger partial charge is 0.338 e. The maximum atomic E-state index is 11.4. The van der Waals surface area contributed by atoms with Crippen molar-refractivity contribution in [2.24, 2.45) is 0 Å². The van der Waals surface area contributed by atoms with Gasteiger partial charge in [0.05, 0.1) is 11.7 Å². The molecule has 0 aliphatic rings. The zero-order valence-electron chi connectivity index (χ0n) is 8.46. The molecule has 82 valence electrons. The van der Waals surface area contributed by atoms with Crippen LogP contribution in [0.5, 0.6) is 0 Å². The predicted molar refractivity (Wildman–Crippen MR) is 54.4 cm³/mol. The Morgan fingerprint density at radius 1 is 1.33 bits per heavy atom. The fraction of sp³-hybridized carbons (Fsp3) is 0.364. The maximum absolute atomic E-state index is 11.4. The molecule has 0 amide bonds. The van der Waals surface area contributed by atoms with Crippen LogP contribution >= 0.6 is 0 Å². The Kier molecular flexibility index (Phi) is 4.27. The highest BCUT2D eigenvalue weighted by atomic mass is 16.5. The van der Waals surface area contributed by atoms with E-state index in [1.54, 1.807) is 30.3 Å². The zero-order chi connectivity index (χ0) is 11.3. The molecule has 0 radical (unpaired) electrons. The second-order valence-electron chi connectivity index (χ2n) is 3.27. The van der Waals surface area contributed by atoms with Crippen molar-refractivity contribution in [3.8, 4) is 0 Å². The van der Waals surface area contributed by atoms with Gasteiger partial charge in [-0.15, -0.1) is 0 Å². The van der Waals surface area contributed by atoms with Crippen molar-refractivity contribution in [1.82, 2.24) is 0 Å². The molecular formula is C11H14O4. The molecule has 4 nitrogen and oxygen atoms in total. The second-order valence-corrected chi connectivity index (χ2v) is 3.27. The molecule has 1 rings (SSSR count). The van der Waals surface area contributed by atoms with Crippen molar-refractivity contribution in [1.29, 1.82) is 0 Å². The number of benzene rings is 1. The molecule has 0 fully saturated rings. The van der Waals surface area contributed by atoms with Crippen molar-refractivity contribution in [2.45, 2.75) is 19.1 Å². The van der Waals surface area contributed by atoms with E-state index < -0.39 is 18.2 Å². The topological polar surface area (TPSA) is 66.8 Å². The molecule has 1 aromatic rings. The third-order valence-electron chi connectivity index (χ3n) is 1.95. The van der Waals surface area contributed by atoms with Gasteiger partial charge < -0.3 is 14.9 Å². The van der Waals surface area contributed by atoms with E-state index in [2.05, 4.69) is 0 Å². The van der Waals surface area contributed by atoms with Gasteiger partial charge in [-0.3, -0.25) is 0 Å². The van der Waals surface area contributed by atoms with Crippen LogP contribution in [0, 0.1) is 0 Å². The van der Waals surface area contributed by atoms with Gasteiger partial charge in [0.2, 0.25) is 0 Å². The summed E-state index contributed by atoms with van der Waals surface area (Å²) >= 11 is 0. The zero-order valence-corrected chi connectivity index (χ0v) is 8.46. The first kappa shape index (κ1) is 11.7. The largest absolute Gasteiger partial charge is 0.459 e. The van der Waals surface area contributed by atoms with Crippen LogP contribution in [0.4, 0.5) is 0 Å². The molecule has 1 aromatic carbocycles. The number of hydrogen-bond donors (Lipinski definition) is 2. The van der Waals surface area contributed by atoms with Crippen LogP contribution in [0.1, 0.15) is 17.3 Å². The van der Waals surface area contributed by atoms with Crippen molar-refractivity contribution in [3.05, 3.63) is 35.9 Å². The lowest BCUT2D eigenvalue weighted by Crippen LogP contribution is -2.29. The number of hydrogen-bond acceptors (Lipinski definition) is 4. The summed E-state index contributed by atoms with van der Waals surface area (Å²) in [6.45, 7) is 1.23. The van der Waals surface area contributed by atoms with Crippen molar-refractivity contribution < 1.29 is 19.7 Å². The molecule has 0 saturated carbocycles. The molecule has 0 heterocycles. The van der Waals surface area contributed by atoms with Gasteiger partial charge in [0.1, 0.15) is 12.7 Å². The molecule has 0 bridgehead atoms. The fourth-order valence-electron chi connectivity index (χ4n) is 0.958. The lowest BCUT2D eigenvalue weighted by Gasteiger charge is -2.13. The monoisotopic (exact) mass is 210 g/mol. The third-order valence-corrected chi connectivity index (χ3v) is 1.95. The Bertz CT molecular complexity index is 308. The van der Waals surface area contributed by atoms with Crippen molar-refractivity contribution in [2.75, 3.05) is 6.61 Å². The Hall–Kier alpha value is -1.39. The lowest BCUT2D eigenvalue weighted by atomic mass is 10.2. The predicted octanol–water partition coefficient (Wildman–Crippen LogP) is 0.585. The molecular weight excluding hydrogens is 196 g/mol. The number of aliphatic hydroxyl groups is 2. The van der Waals surface area contributed by atoms with E-state index >= 15 is 0 Å². The van der Waals surface area contributed by atoms with Gasteiger partial charge in [0.25, 0.3) is 0 Å². The fourth-order valence-corrected chi connectivity index (χ4v) is 0.958. The first-order valence-corrected chi connectivity index (χ1v) is 4.69. The summed E-state index contributed by atoms with van der Waals surface area (Å²) in [5.74, 6) is -0.504. The minimum atomic E-state index is -1.04. The van der Waals surface area contributed by atoms with E-state index in [-0.39, 0.29) is 6.61 Å². The molecule has 2 N–H and O–H groups in total. The summed E-state index contributed by atoms with van der Waals surface area (Å²) in [5, 5.41) is 18.2. The summed E-state index contributed by atoms with van der Waals surface area (Å²) in [4.78, 5) is 11.4. The van der Waals surface area contributed by atoms with Gasteiger partial charge >= 0.3 is 5.97 Å². The van der Waals surface area contributed by atoms with E-state index in [0.29, 0.717) is 5.56 Å². The van der Waals surface area contributed by atoms with Crippen LogP contribution in [-0.2, 0) is 4.74 Å². The Labute approximate surface area is 88.1 Å². The first-order chi connectivity index (χ1) is 7.11. The second kappa shape index (κ2) is 5.48. The van der Waals surface area contributed by atoms with E-state index in [4.69, 9.17) is 9.84 Å². The van der Waals surface area contributed by atoms with Crippen LogP contribution in [0.15, 0.2) is 30.3 Å². The third kappa shape index (κ3) is 3.69. The minimum Gasteiger partial charge on any atom is -0.459 e. The highest BCUT2D eigenvalue weighted by Crippen LogP contribution is 2.02. The van der Waals surface area contributed by atoms with Gasteiger partial charge in [0, 0.05) is 0 Å². The van der Waals surface area contributed by atoms with E-state index in [1.807, 2.05) is 0 Å². The number of rotatable bonds is 4. The van der Waals surface area contributed by atoms with Crippen LogP contribution in [0.2, 0.25) is 0 Å². The summed E-state index contributed by atoms with van der Waals surface area (Å²) < 4.78 is 4.80. The SMILES string of the molecule is CC(O)C(O)COC(=O)c1ccccc1. The van der Waals surface area contributed by atoms with Gasteiger partial charge in [-0.2, -0.15) is 0 Å². The summed E-state index contributed by atoms with van der Waals surface area (Å²) in [7, 11) is 0. The average Bonchev–Trinajstić information content (AvgIpc) is 2.26. The molecule has 0 spiro atoms. The van der Waals surface area contributed by atoms with Crippen LogP contribution in [0.25, 0.3) is 0 Å². The molecule has 2 unspecified atom stereocenters. The molecule has 0 aromatic heterocycles. The average molecular weight is 210 g/mol. The van der Waals surface area contributed by atoms with E-state index in [0.717, 1.165) is 0 Å². The molecule has 2 atom stereocenters. The van der Waals surface area contributed by atoms with Crippen molar-refractivity contribution in [3.63, 3.8) is 0 Å². The quantitative estimate of drug-likeness (QED) is 0.713. The highest BCUT2D eigenvalue weighted by Gasteiger charge is 2.14. The molecule has 0 aliphatic carbocycles. The molecule has 0 aliphatic heterocycles. The highest BCUT2D eigenvalue weighted by molar-refractivity contribution is 5.89.